The van der Waals surface area contributed by atoms with E-state index in [0.29, 0.717) is 0 Å². The summed E-state index contributed by atoms with van der Waals surface area (Å²) in [6.07, 6.45) is 1.88. The summed E-state index contributed by atoms with van der Waals surface area (Å²) >= 11 is 0. The molecule has 0 aromatic rings. The molecule has 1 heterocycles. The van der Waals surface area contributed by atoms with E-state index in [9.17, 15) is 9.36 Å². The highest BCUT2D eigenvalue weighted by Gasteiger charge is 2.38. The maximum absolute atomic E-state index is 10.6. The maximum atomic E-state index is 10.6. The molecule has 6 heteroatoms. The molecule has 1 aliphatic heterocycles. The van der Waals surface area contributed by atoms with Crippen molar-refractivity contribution in [2.75, 3.05) is 0 Å². The van der Waals surface area contributed by atoms with Gasteiger partial charge in [-0.15, -0.1) is 0 Å². The molecule has 50 valence electrons. The molecule has 1 aliphatic rings. The monoisotopic (exact) mass is 150 g/mol. The minimum atomic E-state index is -3.84. The lowest BCUT2D eigenvalue weighted by atomic mass is 11.1. The predicted octanol–water partition coefficient (Wildman–Crippen LogP) is 1.38. The van der Waals surface area contributed by atoms with Crippen LogP contribution in [0.3, 0.4) is 0 Å². The Labute approximate surface area is 50.4 Å². The predicted molar refractivity (Wildman–Crippen MR) is 26.9 cm³/mol. The maximum Gasteiger partial charge on any atom is 0.539 e. The number of rotatable bonds is 1. The number of hydrogen-bond donors (Lipinski definition) is 1. The van der Waals surface area contributed by atoms with E-state index in [4.69, 9.17) is 5.11 Å². The molecule has 0 aromatic carbocycles. The lowest BCUT2D eigenvalue weighted by molar-refractivity contribution is 0.209. The molecule has 0 aliphatic carbocycles. The van der Waals surface area contributed by atoms with Gasteiger partial charge in [0.2, 0.25) is 0 Å². The van der Waals surface area contributed by atoms with Crippen molar-refractivity contribution < 1.29 is 23.5 Å². The first-order chi connectivity index (χ1) is 4.15. The highest BCUT2D eigenvalue weighted by atomic mass is 31.2. The zero-order chi connectivity index (χ0) is 6.91. The van der Waals surface area contributed by atoms with E-state index in [1.807, 2.05) is 0 Å². The summed E-state index contributed by atoms with van der Waals surface area (Å²) < 4.78 is 18.9. The van der Waals surface area contributed by atoms with E-state index in [1.54, 1.807) is 0 Å². The van der Waals surface area contributed by atoms with E-state index >= 15 is 0 Å². The van der Waals surface area contributed by atoms with Crippen molar-refractivity contribution in [3.05, 3.63) is 12.5 Å². The van der Waals surface area contributed by atoms with Crippen molar-refractivity contribution in [3.8, 4) is 0 Å². The van der Waals surface area contributed by atoms with Gasteiger partial charge in [0, 0.05) is 0 Å². The SMILES string of the molecule is O=C(O)P1(=O)OC=CO1. The van der Waals surface area contributed by atoms with Crippen LogP contribution in [-0.4, -0.2) is 10.8 Å². The normalized spacial score (nSPS) is 20.4. The third-order valence-electron chi connectivity index (χ3n) is 0.689. The third kappa shape index (κ3) is 0.907. The van der Waals surface area contributed by atoms with Gasteiger partial charge in [-0.25, -0.2) is 9.36 Å². The first-order valence-electron chi connectivity index (χ1n) is 2.00. The van der Waals surface area contributed by atoms with Gasteiger partial charge >= 0.3 is 13.3 Å². The Morgan fingerprint density at radius 2 is 1.89 bits per heavy atom. The summed E-state index contributed by atoms with van der Waals surface area (Å²) in [5, 5.41) is 8.12. The van der Waals surface area contributed by atoms with Crippen LogP contribution < -0.4 is 0 Å². The molecule has 9 heavy (non-hydrogen) atoms. The number of hydrogen-bond acceptors (Lipinski definition) is 4. The van der Waals surface area contributed by atoms with Crippen LogP contribution in [0, 0.1) is 0 Å². The average molecular weight is 150 g/mol. The van der Waals surface area contributed by atoms with Crippen molar-refractivity contribution in [3.63, 3.8) is 0 Å². The first kappa shape index (κ1) is 6.16. The third-order valence-corrected chi connectivity index (χ3v) is 1.96. The molecule has 0 saturated heterocycles. The summed E-state index contributed by atoms with van der Waals surface area (Å²) in [5.41, 5.74) is -1.58. The van der Waals surface area contributed by atoms with E-state index in [2.05, 4.69) is 9.05 Å². The fraction of sp³-hybridized carbons (Fsp3) is 0. The summed E-state index contributed by atoms with van der Waals surface area (Å²) in [5.74, 6) is 0. The van der Waals surface area contributed by atoms with Crippen LogP contribution in [0.15, 0.2) is 12.5 Å². The summed E-state index contributed by atoms with van der Waals surface area (Å²) in [7, 11) is -3.84. The van der Waals surface area contributed by atoms with Gasteiger partial charge in [-0.1, -0.05) is 0 Å². The van der Waals surface area contributed by atoms with E-state index in [0.717, 1.165) is 12.5 Å². The molecule has 0 unspecified atom stereocenters. The smallest absolute Gasteiger partial charge is 0.471 e. The standard InChI is InChI=1S/C3H3O5P/c4-3(5)9(6)7-1-2-8-9/h1-2H,(H,4,5). The minimum absolute atomic E-state index is 0.939. The Kier molecular flexibility index (Phi) is 1.21. The van der Waals surface area contributed by atoms with Crippen molar-refractivity contribution in [2.45, 2.75) is 0 Å². The molecule has 0 fully saturated rings. The molecule has 0 radical (unpaired) electrons. The molecule has 0 spiro atoms. The summed E-state index contributed by atoms with van der Waals surface area (Å²) in [6.45, 7) is 0. The summed E-state index contributed by atoms with van der Waals surface area (Å²) in [4.78, 5) is 9.97. The van der Waals surface area contributed by atoms with Crippen LogP contribution in [-0.2, 0) is 13.6 Å². The molecular weight excluding hydrogens is 147 g/mol. The van der Waals surface area contributed by atoms with E-state index in [1.165, 1.54) is 0 Å². The molecule has 0 atom stereocenters. The van der Waals surface area contributed by atoms with Crippen LogP contribution in [0.2, 0.25) is 0 Å². The molecule has 5 nitrogen and oxygen atoms in total. The lowest BCUT2D eigenvalue weighted by Gasteiger charge is -2.01. The zero-order valence-electron chi connectivity index (χ0n) is 4.18. The Morgan fingerprint density at radius 1 is 1.44 bits per heavy atom. The van der Waals surface area contributed by atoms with Gasteiger partial charge < -0.3 is 14.2 Å². The Balaban J connectivity index is 2.79. The lowest BCUT2D eigenvalue weighted by Crippen LogP contribution is -1.93. The van der Waals surface area contributed by atoms with Crippen molar-refractivity contribution >= 4 is 13.3 Å². The van der Waals surface area contributed by atoms with Gasteiger partial charge in [-0.05, 0) is 0 Å². The number of carboxylic acid groups (broad SMARTS) is 1. The van der Waals surface area contributed by atoms with Crippen molar-refractivity contribution in [1.29, 1.82) is 0 Å². The van der Waals surface area contributed by atoms with Crippen LogP contribution in [0.1, 0.15) is 0 Å². The molecule has 1 rings (SSSR count). The Hall–Kier alpha value is -0.960. The van der Waals surface area contributed by atoms with Gasteiger partial charge in [0.15, 0.2) is 0 Å². The van der Waals surface area contributed by atoms with Crippen LogP contribution >= 0.6 is 7.60 Å². The van der Waals surface area contributed by atoms with Crippen LogP contribution in [0.5, 0.6) is 0 Å². The molecule has 0 amide bonds. The average Bonchev–Trinajstić information content (AvgIpc) is 2.16. The molecule has 1 N–H and O–H groups in total. The van der Waals surface area contributed by atoms with Crippen LogP contribution in [0.25, 0.3) is 0 Å². The van der Waals surface area contributed by atoms with E-state index in [-0.39, 0.29) is 0 Å². The molecular formula is C3H3O5P. The van der Waals surface area contributed by atoms with Gasteiger partial charge in [0.05, 0.1) is 0 Å². The van der Waals surface area contributed by atoms with Gasteiger partial charge in [-0.3, -0.25) is 0 Å². The van der Waals surface area contributed by atoms with E-state index < -0.39 is 13.3 Å². The Bertz CT molecular complexity index is 194. The fourth-order valence-electron chi connectivity index (χ4n) is 0.325. The second-order valence-electron chi connectivity index (χ2n) is 1.26. The zero-order valence-corrected chi connectivity index (χ0v) is 5.08. The molecule has 0 bridgehead atoms. The van der Waals surface area contributed by atoms with Crippen molar-refractivity contribution in [1.82, 2.24) is 0 Å². The van der Waals surface area contributed by atoms with Gasteiger partial charge in [0.25, 0.3) is 0 Å². The first-order valence-corrected chi connectivity index (χ1v) is 3.55. The Morgan fingerprint density at radius 3 is 2.11 bits per heavy atom. The number of carbonyl (C=O) groups is 1. The highest BCUT2D eigenvalue weighted by Crippen LogP contribution is 2.52. The minimum Gasteiger partial charge on any atom is -0.471 e. The second kappa shape index (κ2) is 1.77. The van der Waals surface area contributed by atoms with Crippen LogP contribution in [0.4, 0.5) is 4.79 Å². The second-order valence-corrected chi connectivity index (χ2v) is 3.06. The van der Waals surface area contributed by atoms with Crippen molar-refractivity contribution in [2.24, 2.45) is 0 Å². The molecule has 0 saturated carbocycles. The highest BCUT2D eigenvalue weighted by molar-refractivity contribution is 7.71. The summed E-state index contributed by atoms with van der Waals surface area (Å²) in [6, 6.07) is 0. The quantitative estimate of drug-likeness (QED) is 0.571. The fourth-order valence-corrected chi connectivity index (χ4v) is 0.975. The van der Waals surface area contributed by atoms with Gasteiger partial charge in [0.1, 0.15) is 12.5 Å². The van der Waals surface area contributed by atoms with Gasteiger partial charge in [-0.2, -0.15) is 0 Å². The largest absolute Gasteiger partial charge is 0.539 e. The topological polar surface area (TPSA) is 72.8 Å². The molecule has 0 aromatic heterocycles.